The molecule has 1 aromatic carbocycles. The van der Waals surface area contributed by atoms with Crippen molar-refractivity contribution in [1.29, 1.82) is 0 Å². The third-order valence-electron chi connectivity index (χ3n) is 2.60. The van der Waals surface area contributed by atoms with Crippen molar-refractivity contribution in [3.8, 4) is 0 Å². The first-order valence-electron chi connectivity index (χ1n) is 5.58. The summed E-state index contributed by atoms with van der Waals surface area (Å²) in [6.45, 7) is 4.10. The van der Waals surface area contributed by atoms with Crippen LogP contribution in [0, 0.1) is 23.5 Å². The average Bonchev–Trinajstić information content (AvgIpc) is 2.23. The van der Waals surface area contributed by atoms with Crippen LogP contribution in [-0.2, 0) is 6.42 Å². The Bertz CT molecular complexity index is 337. The standard InChI is InChI=1S/C13H18F2O/c1-9(2)6-10(8-16)7-11-4-3-5-12(14)13(11)15/h3-5,9-10,16H,6-8H2,1-2H3. The van der Waals surface area contributed by atoms with E-state index in [0.29, 0.717) is 17.9 Å². The van der Waals surface area contributed by atoms with Crippen LogP contribution >= 0.6 is 0 Å². The average molecular weight is 228 g/mol. The first-order valence-corrected chi connectivity index (χ1v) is 5.58. The molecule has 1 N–H and O–H groups in total. The van der Waals surface area contributed by atoms with Gasteiger partial charge in [-0.3, -0.25) is 0 Å². The van der Waals surface area contributed by atoms with Crippen LogP contribution < -0.4 is 0 Å². The molecule has 0 fully saturated rings. The van der Waals surface area contributed by atoms with Gasteiger partial charge in [-0.05, 0) is 36.3 Å². The predicted molar refractivity (Wildman–Crippen MR) is 60.1 cm³/mol. The molecule has 1 atom stereocenters. The SMILES string of the molecule is CC(C)CC(CO)Cc1cccc(F)c1F. The Labute approximate surface area is 95.1 Å². The molecule has 0 aliphatic carbocycles. The summed E-state index contributed by atoms with van der Waals surface area (Å²) >= 11 is 0. The van der Waals surface area contributed by atoms with E-state index >= 15 is 0 Å². The van der Waals surface area contributed by atoms with Crippen molar-refractivity contribution >= 4 is 0 Å². The van der Waals surface area contributed by atoms with Gasteiger partial charge in [-0.2, -0.15) is 0 Å². The lowest BCUT2D eigenvalue weighted by atomic mass is 9.91. The Morgan fingerprint density at radius 2 is 1.94 bits per heavy atom. The van der Waals surface area contributed by atoms with Gasteiger partial charge in [0.25, 0.3) is 0 Å². The van der Waals surface area contributed by atoms with Gasteiger partial charge in [0.05, 0.1) is 0 Å². The van der Waals surface area contributed by atoms with Crippen LogP contribution in [0.5, 0.6) is 0 Å². The fourth-order valence-corrected chi connectivity index (χ4v) is 1.91. The number of benzene rings is 1. The van der Waals surface area contributed by atoms with Gasteiger partial charge in [0, 0.05) is 6.61 Å². The zero-order valence-corrected chi connectivity index (χ0v) is 9.71. The summed E-state index contributed by atoms with van der Waals surface area (Å²) in [5, 5.41) is 9.18. The molecule has 0 bridgehead atoms. The quantitative estimate of drug-likeness (QED) is 0.820. The highest BCUT2D eigenvalue weighted by molar-refractivity contribution is 5.19. The second kappa shape index (κ2) is 5.94. The molecule has 1 aromatic rings. The third-order valence-corrected chi connectivity index (χ3v) is 2.60. The molecule has 0 aliphatic rings. The van der Waals surface area contributed by atoms with Crippen LogP contribution in [0.25, 0.3) is 0 Å². The lowest BCUT2D eigenvalue weighted by Crippen LogP contribution is -2.13. The van der Waals surface area contributed by atoms with Crippen LogP contribution in [0.2, 0.25) is 0 Å². The smallest absolute Gasteiger partial charge is 0.162 e. The molecule has 0 aromatic heterocycles. The van der Waals surface area contributed by atoms with Crippen molar-refractivity contribution in [3.63, 3.8) is 0 Å². The Balaban J connectivity index is 2.74. The Morgan fingerprint density at radius 1 is 1.25 bits per heavy atom. The normalized spacial score (nSPS) is 13.1. The maximum absolute atomic E-state index is 13.4. The first kappa shape index (κ1) is 13.1. The highest BCUT2D eigenvalue weighted by Gasteiger charge is 2.15. The second-order valence-corrected chi connectivity index (χ2v) is 4.60. The number of aliphatic hydroxyl groups excluding tert-OH is 1. The predicted octanol–water partition coefficient (Wildman–Crippen LogP) is 3.16. The summed E-state index contributed by atoms with van der Waals surface area (Å²) < 4.78 is 26.3. The summed E-state index contributed by atoms with van der Waals surface area (Å²) in [4.78, 5) is 0. The monoisotopic (exact) mass is 228 g/mol. The van der Waals surface area contributed by atoms with Crippen molar-refractivity contribution in [3.05, 3.63) is 35.4 Å². The molecule has 0 heterocycles. The summed E-state index contributed by atoms with van der Waals surface area (Å²) in [5.74, 6) is -1.17. The number of halogens is 2. The largest absolute Gasteiger partial charge is 0.396 e. The zero-order chi connectivity index (χ0) is 12.1. The van der Waals surface area contributed by atoms with Gasteiger partial charge in [-0.15, -0.1) is 0 Å². The molecule has 0 aliphatic heterocycles. The van der Waals surface area contributed by atoms with Crippen LogP contribution in [0.4, 0.5) is 8.78 Å². The van der Waals surface area contributed by atoms with E-state index in [9.17, 15) is 13.9 Å². The topological polar surface area (TPSA) is 20.2 Å². The van der Waals surface area contributed by atoms with E-state index in [-0.39, 0.29) is 12.5 Å². The molecular weight excluding hydrogens is 210 g/mol. The first-order chi connectivity index (χ1) is 7.54. The van der Waals surface area contributed by atoms with E-state index in [1.54, 1.807) is 6.07 Å². The molecule has 1 unspecified atom stereocenters. The maximum atomic E-state index is 13.4. The highest BCUT2D eigenvalue weighted by Crippen LogP contribution is 2.20. The van der Waals surface area contributed by atoms with E-state index in [2.05, 4.69) is 0 Å². The van der Waals surface area contributed by atoms with E-state index in [4.69, 9.17) is 0 Å². The van der Waals surface area contributed by atoms with Crippen LogP contribution in [-0.4, -0.2) is 11.7 Å². The van der Waals surface area contributed by atoms with Crippen molar-refractivity contribution in [2.75, 3.05) is 6.61 Å². The summed E-state index contributed by atoms with van der Waals surface area (Å²) in [6.07, 6.45) is 1.20. The highest BCUT2D eigenvalue weighted by atomic mass is 19.2. The fraction of sp³-hybridized carbons (Fsp3) is 0.538. The number of hydrogen-bond acceptors (Lipinski definition) is 1. The minimum absolute atomic E-state index is 0.00343. The minimum Gasteiger partial charge on any atom is -0.396 e. The lowest BCUT2D eigenvalue weighted by molar-refractivity contribution is 0.204. The molecule has 0 radical (unpaired) electrons. The van der Waals surface area contributed by atoms with Crippen LogP contribution in [0.1, 0.15) is 25.8 Å². The van der Waals surface area contributed by atoms with Crippen molar-refractivity contribution in [2.45, 2.75) is 26.7 Å². The number of hydrogen-bond donors (Lipinski definition) is 1. The molecule has 0 saturated heterocycles. The van der Waals surface area contributed by atoms with E-state index in [1.807, 2.05) is 13.8 Å². The van der Waals surface area contributed by atoms with Gasteiger partial charge >= 0.3 is 0 Å². The maximum Gasteiger partial charge on any atom is 0.162 e. The van der Waals surface area contributed by atoms with Gasteiger partial charge in [0.15, 0.2) is 11.6 Å². The van der Waals surface area contributed by atoms with E-state index in [0.717, 1.165) is 12.5 Å². The van der Waals surface area contributed by atoms with Gasteiger partial charge < -0.3 is 5.11 Å². The molecular formula is C13H18F2O. The van der Waals surface area contributed by atoms with Crippen molar-refractivity contribution in [1.82, 2.24) is 0 Å². The van der Waals surface area contributed by atoms with Crippen molar-refractivity contribution in [2.24, 2.45) is 11.8 Å². The van der Waals surface area contributed by atoms with Crippen LogP contribution in [0.3, 0.4) is 0 Å². The Hall–Kier alpha value is -0.960. The van der Waals surface area contributed by atoms with Gasteiger partial charge in [0.1, 0.15) is 0 Å². The summed E-state index contributed by atoms with van der Waals surface area (Å²) in [6, 6.07) is 4.17. The summed E-state index contributed by atoms with van der Waals surface area (Å²) in [7, 11) is 0. The zero-order valence-electron chi connectivity index (χ0n) is 9.71. The molecule has 90 valence electrons. The molecule has 3 heteroatoms. The van der Waals surface area contributed by atoms with Crippen LogP contribution in [0.15, 0.2) is 18.2 Å². The molecule has 1 nitrogen and oxygen atoms in total. The van der Waals surface area contributed by atoms with Gasteiger partial charge in [-0.1, -0.05) is 26.0 Å². The Morgan fingerprint density at radius 3 is 2.50 bits per heavy atom. The number of rotatable bonds is 5. The van der Waals surface area contributed by atoms with Crippen molar-refractivity contribution < 1.29 is 13.9 Å². The molecule has 0 amide bonds. The Kier molecular flexibility index (Phi) is 4.87. The molecule has 0 spiro atoms. The lowest BCUT2D eigenvalue weighted by Gasteiger charge is -2.16. The minimum atomic E-state index is -0.821. The van der Waals surface area contributed by atoms with Gasteiger partial charge in [-0.25, -0.2) is 8.78 Å². The molecule has 16 heavy (non-hydrogen) atoms. The van der Waals surface area contributed by atoms with E-state index < -0.39 is 11.6 Å². The summed E-state index contributed by atoms with van der Waals surface area (Å²) in [5.41, 5.74) is 0.347. The van der Waals surface area contributed by atoms with Gasteiger partial charge in [0.2, 0.25) is 0 Å². The third kappa shape index (κ3) is 3.56. The molecule has 1 rings (SSSR count). The number of aliphatic hydroxyl groups is 1. The second-order valence-electron chi connectivity index (χ2n) is 4.60. The van der Waals surface area contributed by atoms with E-state index in [1.165, 1.54) is 6.07 Å². The molecule has 0 saturated carbocycles. The fourth-order valence-electron chi connectivity index (χ4n) is 1.91.